The number of Topliss-reactive ketones (excluding diaryl/α,β-unsaturated/α-hetero) is 1. The summed E-state index contributed by atoms with van der Waals surface area (Å²) in [5.41, 5.74) is 0.238. The van der Waals surface area contributed by atoms with E-state index >= 15 is 0 Å². The third kappa shape index (κ3) is 1.48. The van der Waals surface area contributed by atoms with Gasteiger partial charge >= 0.3 is 6.18 Å². The number of hydrogen-bond donors (Lipinski definition) is 0. The van der Waals surface area contributed by atoms with Crippen LogP contribution in [-0.2, 0) is 6.18 Å². The predicted octanol–water partition coefficient (Wildman–Crippen LogP) is 3.06. The maximum Gasteiger partial charge on any atom is 0.425 e. The zero-order valence-electron chi connectivity index (χ0n) is 6.14. The van der Waals surface area contributed by atoms with Crippen molar-refractivity contribution in [1.82, 2.24) is 0 Å². The standard InChI is InChI=1S/C7H3F3OS2/c8-7(9,10)5-1-3-4(11)2-12-6(3)13-5/h1H,2H2. The molecule has 0 N–H and O–H groups in total. The van der Waals surface area contributed by atoms with Gasteiger partial charge in [-0.1, -0.05) is 0 Å². The van der Waals surface area contributed by atoms with Crippen molar-refractivity contribution >= 4 is 28.9 Å². The number of thioether (sulfide) groups is 1. The first-order valence-electron chi connectivity index (χ1n) is 3.35. The van der Waals surface area contributed by atoms with Crippen molar-refractivity contribution in [2.24, 2.45) is 0 Å². The highest BCUT2D eigenvalue weighted by atomic mass is 32.2. The molecule has 6 heteroatoms. The molecule has 0 aromatic carbocycles. The van der Waals surface area contributed by atoms with Gasteiger partial charge in [0.05, 0.1) is 9.96 Å². The van der Waals surface area contributed by atoms with Gasteiger partial charge in [0.25, 0.3) is 0 Å². The number of halogens is 3. The van der Waals surface area contributed by atoms with Gasteiger partial charge in [-0.3, -0.25) is 4.79 Å². The van der Waals surface area contributed by atoms with Crippen LogP contribution in [0.4, 0.5) is 13.2 Å². The Bertz CT molecular complexity index is 366. The number of fused-ring (bicyclic) bond motifs is 1. The second-order valence-electron chi connectivity index (χ2n) is 2.52. The van der Waals surface area contributed by atoms with E-state index in [0.29, 0.717) is 15.5 Å². The Morgan fingerprint density at radius 2 is 2.08 bits per heavy atom. The van der Waals surface area contributed by atoms with Crippen LogP contribution in [-0.4, -0.2) is 11.5 Å². The van der Waals surface area contributed by atoms with E-state index in [4.69, 9.17) is 0 Å². The lowest BCUT2D eigenvalue weighted by atomic mass is 10.2. The Hall–Kier alpha value is -0.490. The van der Waals surface area contributed by atoms with E-state index in [9.17, 15) is 18.0 Å². The van der Waals surface area contributed by atoms with Gasteiger partial charge in [-0.05, 0) is 6.07 Å². The lowest BCUT2D eigenvalue weighted by molar-refractivity contribution is -0.134. The largest absolute Gasteiger partial charge is 0.425 e. The van der Waals surface area contributed by atoms with Crippen molar-refractivity contribution in [1.29, 1.82) is 0 Å². The monoisotopic (exact) mass is 224 g/mol. The summed E-state index contributed by atoms with van der Waals surface area (Å²) < 4.78 is 37.0. The summed E-state index contributed by atoms with van der Waals surface area (Å²) in [5, 5.41) is 0. The van der Waals surface area contributed by atoms with Crippen molar-refractivity contribution in [3.8, 4) is 0 Å². The topological polar surface area (TPSA) is 17.1 Å². The first-order chi connectivity index (χ1) is 5.98. The van der Waals surface area contributed by atoms with Crippen LogP contribution in [0.2, 0.25) is 0 Å². The van der Waals surface area contributed by atoms with Crippen LogP contribution >= 0.6 is 23.1 Å². The van der Waals surface area contributed by atoms with E-state index < -0.39 is 11.1 Å². The normalized spacial score (nSPS) is 16.4. The van der Waals surface area contributed by atoms with Gasteiger partial charge in [0.15, 0.2) is 5.78 Å². The summed E-state index contributed by atoms with van der Waals surface area (Å²) in [4.78, 5) is 10.3. The molecule has 1 aromatic rings. The van der Waals surface area contributed by atoms with Gasteiger partial charge in [0, 0.05) is 5.56 Å². The number of carbonyl (C=O) groups is 1. The van der Waals surface area contributed by atoms with Crippen LogP contribution in [0, 0.1) is 0 Å². The fraction of sp³-hybridized carbons (Fsp3) is 0.286. The lowest BCUT2D eigenvalue weighted by Gasteiger charge is -2.00. The van der Waals surface area contributed by atoms with Crippen molar-refractivity contribution in [3.63, 3.8) is 0 Å². The molecule has 0 spiro atoms. The summed E-state index contributed by atoms with van der Waals surface area (Å²) in [5.74, 6) is 0.0750. The summed E-state index contributed by atoms with van der Waals surface area (Å²) >= 11 is 1.83. The summed E-state index contributed by atoms with van der Waals surface area (Å²) in [6.07, 6.45) is -4.32. The van der Waals surface area contributed by atoms with E-state index in [2.05, 4.69) is 0 Å². The molecule has 1 aliphatic heterocycles. The smallest absolute Gasteiger partial charge is 0.293 e. The third-order valence-corrected chi connectivity index (χ3v) is 4.08. The first kappa shape index (κ1) is 9.08. The zero-order valence-corrected chi connectivity index (χ0v) is 7.78. The molecule has 70 valence electrons. The molecule has 0 saturated carbocycles. The quantitative estimate of drug-likeness (QED) is 0.673. The molecule has 0 atom stereocenters. The number of rotatable bonds is 0. The molecule has 0 saturated heterocycles. The van der Waals surface area contributed by atoms with Crippen LogP contribution in [0.1, 0.15) is 15.2 Å². The van der Waals surface area contributed by atoms with E-state index in [1.165, 1.54) is 11.8 Å². The summed E-state index contributed by atoms with van der Waals surface area (Å²) in [6, 6.07) is 0.947. The Morgan fingerprint density at radius 1 is 1.38 bits per heavy atom. The molecule has 13 heavy (non-hydrogen) atoms. The molecule has 0 fully saturated rings. The highest BCUT2D eigenvalue weighted by molar-refractivity contribution is 8.02. The number of ketones is 1. The molecule has 1 aromatic heterocycles. The zero-order chi connectivity index (χ0) is 9.64. The fourth-order valence-electron chi connectivity index (χ4n) is 1.02. The number of alkyl halides is 3. The molecular weight excluding hydrogens is 221 g/mol. The molecule has 1 aliphatic rings. The molecule has 1 nitrogen and oxygen atoms in total. The summed E-state index contributed by atoms with van der Waals surface area (Å²) in [7, 11) is 0. The number of thiophene rings is 1. The average molecular weight is 224 g/mol. The predicted molar refractivity (Wildman–Crippen MR) is 44.4 cm³/mol. The van der Waals surface area contributed by atoms with Crippen LogP contribution < -0.4 is 0 Å². The minimum atomic E-state index is -4.32. The molecule has 0 amide bonds. The van der Waals surface area contributed by atoms with Crippen molar-refractivity contribution in [3.05, 3.63) is 16.5 Å². The molecule has 2 rings (SSSR count). The van der Waals surface area contributed by atoms with Crippen LogP contribution in [0.15, 0.2) is 10.3 Å². The Morgan fingerprint density at radius 3 is 2.62 bits per heavy atom. The van der Waals surface area contributed by atoms with E-state index in [1.54, 1.807) is 0 Å². The van der Waals surface area contributed by atoms with Crippen molar-refractivity contribution < 1.29 is 18.0 Å². The SMILES string of the molecule is O=C1CSc2sc(C(F)(F)F)cc21. The second kappa shape index (κ2) is 2.75. The maximum atomic E-state index is 12.2. The van der Waals surface area contributed by atoms with Crippen LogP contribution in [0.5, 0.6) is 0 Å². The van der Waals surface area contributed by atoms with Crippen LogP contribution in [0.25, 0.3) is 0 Å². The van der Waals surface area contributed by atoms with Gasteiger partial charge in [-0.15, -0.1) is 23.1 Å². The van der Waals surface area contributed by atoms with Gasteiger partial charge in [0.1, 0.15) is 4.88 Å². The molecular formula is C7H3F3OS2. The van der Waals surface area contributed by atoms with E-state index in [0.717, 1.165) is 6.07 Å². The molecule has 0 aliphatic carbocycles. The molecule has 2 heterocycles. The minimum Gasteiger partial charge on any atom is -0.293 e. The van der Waals surface area contributed by atoms with Crippen LogP contribution in [0.3, 0.4) is 0 Å². The summed E-state index contributed by atoms with van der Waals surface area (Å²) in [6.45, 7) is 0. The van der Waals surface area contributed by atoms with E-state index in [1.807, 2.05) is 0 Å². The minimum absolute atomic E-state index is 0.202. The second-order valence-corrected chi connectivity index (χ2v) is 4.82. The lowest BCUT2D eigenvalue weighted by Crippen LogP contribution is -2.02. The maximum absolute atomic E-state index is 12.2. The van der Waals surface area contributed by atoms with Gasteiger partial charge in [0.2, 0.25) is 0 Å². The highest BCUT2D eigenvalue weighted by Crippen LogP contribution is 2.44. The number of hydrogen-bond acceptors (Lipinski definition) is 3. The van der Waals surface area contributed by atoms with Gasteiger partial charge in [-0.2, -0.15) is 13.2 Å². The molecule has 0 radical (unpaired) electrons. The van der Waals surface area contributed by atoms with Gasteiger partial charge < -0.3 is 0 Å². The molecule has 0 unspecified atom stereocenters. The average Bonchev–Trinajstić information content (AvgIpc) is 2.51. The Balaban J connectivity index is 2.45. The van der Waals surface area contributed by atoms with Crippen molar-refractivity contribution in [2.75, 3.05) is 5.75 Å². The highest BCUT2D eigenvalue weighted by Gasteiger charge is 2.36. The van der Waals surface area contributed by atoms with Crippen molar-refractivity contribution in [2.45, 2.75) is 10.4 Å². The third-order valence-electron chi connectivity index (χ3n) is 1.61. The molecule has 0 bridgehead atoms. The number of carbonyl (C=O) groups excluding carboxylic acids is 1. The fourth-order valence-corrected chi connectivity index (χ4v) is 3.23. The van der Waals surface area contributed by atoms with Gasteiger partial charge in [-0.25, -0.2) is 0 Å². The van der Waals surface area contributed by atoms with E-state index in [-0.39, 0.29) is 17.1 Å². The Kier molecular flexibility index (Phi) is 1.92. The first-order valence-corrected chi connectivity index (χ1v) is 5.16. The Labute approximate surface area is 79.9 Å².